The average molecular weight is 285 g/mol. The molecule has 0 radical (unpaired) electrons. The van der Waals surface area contributed by atoms with Gasteiger partial charge in [-0.15, -0.1) is 0 Å². The van der Waals surface area contributed by atoms with E-state index < -0.39 is 5.82 Å². The standard InChI is InChI=1S/C17H16FNO2/c1-10-7-13(19)9-14(16(10)18)17(20)12-4-5-15-11(8-12)3-2-6-21-15/h4-5,7-9H,2-3,6,19H2,1H3. The lowest BCUT2D eigenvalue weighted by Gasteiger charge is -2.17. The number of carbonyl (C=O) groups is 1. The number of ether oxygens (including phenoxy) is 1. The number of benzene rings is 2. The number of ketones is 1. The number of nitrogen functional groups attached to an aromatic ring is 1. The molecule has 3 rings (SSSR count). The van der Waals surface area contributed by atoms with Gasteiger partial charge in [0.2, 0.25) is 0 Å². The largest absolute Gasteiger partial charge is 0.493 e. The maximum absolute atomic E-state index is 14.2. The number of rotatable bonds is 2. The summed E-state index contributed by atoms with van der Waals surface area (Å²) in [5, 5.41) is 0. The highest BCUT2D eigenvalue weighted by Gasteiger charge is 2.19. The molecular formula is C17H16FNO2. The van der Waals surface area contributed by atoms with E-state index in [4.69, 9.17) is 10.5 Å². The van der Waals surface area contributed by atoms with Crippen molar-refractivity contribution in [2.45, 2.75) is 19.8 Å². The van der Waals surface area contributed by atoms with Gasteiger partial charge in [-0.05, 0) is 61.2 Å². The van der Waals surface area contributed by atoms with Crippen LogP contribution in [0.1, 0.15) is 33.5 Å². The van der Waals surface area contributed by atoms with Crippen LogP contribution in [0.3, 0.4) is 0 Å². The van der Waals surface area contributed by atoms with Gasteiger partial charge in [-0.1, -0.05) is 0 Å². The molecule has 0 atom stereocenters. The average Bonchev–Trinajstić information content (AvgIpc) is 2.49. The van der Waals surface area contributed by atoms with Crippen molar-refractivity contribution in [3.63, 3.8) is 0 Å². The smallest absolute Gasteiger partial charge is 0.196 e. The zero-order valence-electron chi connectivity index (χ0n) is 11.8. The first-order chi connectivity index (χ1) is 10.1. The van der Waals surface area contributed by atoms with E-state index in [1.807, 2.05) is 0 Å². The molecular weight excluding hydrogens is 269 g/mol. The van der Waals surface area contributed by atoms with E-state index in [1.54, 1.807) is 25.1 Å². The number of carbonyl (C=O) groups excluding carboxylic acids is 1. The number of fused-ring (bicyclic) bond motifs is 1. The van der Waals surface area contributed by atoms with Crippen molar-refractivity contribution in [1.29, 1.82) is 0 Å². The zero-order chi connectivity index (χ0) is 15.0. The van der Waals surface area contributed by atoms with Gasteiger partial charge in [0.25, 0.3) is 0 Å². The molecule has 1 heterocycles. The van der Waals surface area contributed by atoms with Crippen LogP contribution in [0, 0.1) is 12.7 Å². The molecule has 0 saturated heterocycles. The fourth-order valence-electron chi connectivity index (χ4n) is 2.62. The Morgan fingerprint density at radius 3 is 2.90 bits per heavy atom. The van der Waals surface area contributed by atoms with Crippen LogP contribution >= 0.6 is 0 Å². The SMILES string of the molecule is Cc1cc(N)cc(C(=O)c2ccc3c(c2)CCCO3)c1F. The van der Waals surface area contributed by atoms with E-state index in [0.29, 0.717) is 23.4 Å². The minimum atomic E-state index is -0.511. The van der Waals surface area contributed by atoms with E-state index in [0.717, 1.165) is 24.2 Å². The van der Waals surface area contributed by atoms with Gasteiger partial charge in [0.1, 0.15) is 11.6 Å². The first-order valence-electron chi connectivity index (χ1n) is 6.92. The fourth-order valence-corrected chi connectivity index (χ4v) is 2.62. The molecule has 1 aliphatic rings. The molecule has 2 aromatic rings. The third-order valence-electron chi connectivity index (χ3n) is 3.69. The molecule has 2 aromatic carbocycles. The van der Waals surface area contributed by atoms with Gasteiger partial charge < -0.3 is 10.5 Å². The maximum atomic E-state index is 14.2. The first-order valence-corrected chi connectivity index (χ1v) is 6.92. The highest BCUT2D eigenvalue weighted by atomic mass is 19.1. The summed E-state index contributed by atoms with van der Waals surface area (Å²) in [6.45, 7) is 2.30. The lowest BCUT2D eigenvalue weighted by molar-refractivity contribution is 0.103. The Morgan fingerprint density at radius 2 is 2.10 bits per heavy atom. The van der Waals surface area contributed by atoms with E-state index in [-0.39, 0.29) is 11.3 Å². The molecule has 0 fully saturated rings. The summed E-state index contributed by atoms with van der Waals surface area (Å²) in [7, 11) is 0. The van der Waals surface area contributed by atoms with Crippen molar-refractivity contribution in [1.82, 2.24) is 0 Å². The van der Waals surface area contributed by atoms with Gasteiger partial charge in [-0.25, -0.2) is 4.39 Å². The van der Waals surface area contributed by atoms with E-state index in [2.05, 4.69) is 0 Å². The van der Waals surface area contributed by atoms with Gasteiger partial charge in [-0.3, -0.25) is 4.79 Å². The van der Waals surface area contributed by atoms with Crippen molar-refractivity contribution in [3.05, 3.63) is 58.4 Å². The second-order valence-corrected chi connectivity index (χ2v) is 5.30. The number of hydrogen-bond donors (Lipinski definition) is 1. The van der Waals surface area contributed by atoms with Crippen LogP contribution in [0.4, 0.5) is 10.1 Å². The van der Waals surface area contributed by atoms with Crippen molar-refractivity contribution >= 4 is 11.5 Å². The molecule has 1 aliphatic heterocycles. The molecule has 3 nitrogen and oxygen atoms in total. The van der Waals surface area contributed by atoms with E-state index in [9.17, 15) is 9.18 Å². The Kier molecular flexibility index (Phi) is 3.37. The van der Waals surface area contributed by atoms with Gasteiger partial charge >= 0.3 is 0 Å². The molecule has 4 heteroatoms. The molecule has 0 aromatic heterocycles. The van der Waals surface area contributed by atoms with Gasteiger partial charge in [-0.2, -0.15) is 0 Å². The predicted octanol–water partition coefficient (Wildman–Crippen LogP) is 3.27. The maximum Gasteiger partial charge on any atom is 0.196 e. The number of anilines is 1. The van der Waals surface area contributed by atoms with Gasteiger partial charge in [0.15, 0.2) is 5.78 Å². The third kappa shape index (κ3) is 2.49. The normalized spacial score (nSPS) is 13.4. The van der Waals surface area contributed by atoms with Crippen LogP contribution in [0.5, 0.6) is 5.75 Å². The second-order valence-electron chi connectivity index (χ2n) is 5.30. The summed E-state index contributed by atoms with van der Waals surface area (Å²) < 4.78 is 19.7. The quantitative estimate of drug-likeness (QED) is 0.680. The molecule has 0 amide bonds. The van der Waals surface area contributed by atoms with Crippen molar-refractivity contribution in [2.75, 3.05) is 12.3 Å². The van der Waals surface area contributed by atoms with Crippen LogP contribution in [0.25, 0.3) is 0 Å². The number of halogens is 1. The highest BCUT2D eigenvalue weighted by Crippen LogP contribution is 2.27. The Hall–Kier alpha value is -2.36. The molecule has 0 aliphatic carbocycles. The number of aryl methyl sites for hydroxylation is 2. The molecule has 0 spiro atoms. The third-order valence-corrected chi connectivity index (χ3v) is 3.69. The summed E-state index contributed by atoms with van der Waals surface area (Å²) in [5.41, 5.74) is 7.95. The minimum Gasteiger partial charge on any atom is -0.493 e. The predicted molar refractivity (Wildman–Crippen MR) is 79.2 cm³/mol. The zero-order valence-corrected chi connectivity index (χ0v) is 11.8. The monoisotopic (exact) mass is 285 g/mol. The Bertz CT molecular complexity index is 725. The van der Waals surface area contributed by atoms with Gasteiger partial charge in [0.05, 0.1) is 12.2 Å². The summed E-state index contributed by atoms with van der Waals surface area (Å²) in [4.78, 5) is 12.5. The topological polar surface area (TPSA) is 52.3 Å². The molecule has 108 valence electrons. The first kappa shape index (κ1) is 13.6. The molecule has 0 bridgehead atoms. The second kappa shape index (κ2) is 5.20. The van der Waals surface area contributed by atoms with Crippen molar-refractivity contribution in [2.24, 2.45) is 0 Å². The summed E-state index contributed by atoms with van der Waals surface area (Å²) in [6, 6.07) is 8.14. The van der Waals surface area contributed by atoms with E-state index in [1.165, 1.54) is 12.1 Å². The van der Waals surface area contributed by atoms with Crippen molar-refractivity contribution < 1.29 is 13.9 Å². The summed E-state index contributed by atoms with van der Waals surface area (Å²) in [5.74, 6) is -0.0542. The lowest BCUT2D eigenvalue weighted by Crippen LogP contribution is -2.11. The highest BCUT2D eigenvalue weighted by molar-refractivity contribution is 6.10. The fraction of sp³-hybridized carbons (Fsp3) is 0.235. The summed E-state index contributed by atoms with van der Waals surface area (Å²) >= 11 is 0. The van der Waals surface area contributed by atoms with Crippen LogP contribution in [-0.2, 0) is 6.42 Å². The van der Waals surface area contributed by atoms with Crippen LogP contribution < -0.4 is 10.5 Å². The molecule has 21 heavy (non-hydrogen) atoms. The Balaban J connectivity index is 2.03. The number of hydrogen-bond acceptors (Lipinski definition) is 3. The van der Waals surface area contributed by atoms with E-state index >= 15 is 0 Å². The van der Waals surface area contributed by atoms with Crippen LogP contribution in [-0.4, -0.2) is 12.4 Å². The Labute approximate surface area is 122 Å². The summed E-state index contributed by atoms with van der Waals surface area (Å²) in [6.07, 6.45) is 1.80. The van der Waals surface area contributed by atoms with Gasteiger partial charge in [0, 0.05) is 11.3 Å². The molecule has 0 saturated carbocycles. The van der Waals surface area contributed by atoms with Crippen molar-refractivity contribution in [3.8, 4) is 5.75 Å². The minimum absolute atomic E-state index is 0.0178. The lowest BCUT2D eigenvalue weighted by atomic mass is 9.96. The number of nitrogens with two attached hydrogens (primary N) is 1. The Morgan fingerprint density at radius 1 is 1.29 bits per heavy atom. The molecule has 2 N–H and O–H groups in total. The molecule has 0 unspecified atom stereocenters. The van der Waals surface area contributed by atoms with Crippen LogP contribution in [0.2, 0.25) is 0 Å². The van der Waals surface area contributed by atoms with Crippen LogP contribution in [0.15, 0.2) is 30.3 Å².